The van der Waals surface area contributed by atoms with Crippen LogP contribution in [0.15, 0.2) is 18.2 Å². The third-order valence-electron chi connectivity index (χ3n) is 6.66. The molecule has 13 heteroatoms. The zero-order valence-electron chi connectivity index (χ0n) is 21.4. The van der Waals surface area contributed by atoms with Gasteiger partial charge in [-0.1, -0.05) is 26.3 Å². The van der Waals surface area contributed by atoms with Crippen LogP contribution in [0.1, 0.15) is 73.5 Å². The zero-order valence-corrected chi connectivity index (χ0v) is 22.2. The number of benzene rings is 1. The number of amides is 1. The van der Waals surface area contributed by atoms with Gasteiger partial charge >= 0.3 is 6.36 Å². The summed E-state index contributed by atoms with van der Waals surface area (Å²) in [7, 11) is -3.24. The molecular formula is C25H31F3N4O5S. The molecule has 0 spiro atoms. The van der Waals surface area contributed by atoms with E-state index in [-0.39, 0.29) is 61.5 Å². The first-order valence-corrected chi connectivity index (χ1v) is 14.3. The third-order valence-corrected chi connectivity index (χ3v) is 8.34. The van der Waals surface area contributed by atoms with E-state index < -0.39 is 38.7 Å². The van der Waals surface area contributed by atoms with E-state index in [4.69, 9.17) is 0 Å². The van der Waals surface area contributed by atoms with Crippen LogP contribution in [0.5, 0.6) is 5.75 Å². The molecule has 1 aliphatic rings. The van der Waals surface area contributed by atoms with E-state index in [9.17, 15) is 36.8 Å². The summed E-state index contributed by atoms with van der Waals surface area (Å²) in [5, 5.41) is 22.7. The smallest absolute Gasteiger partial charge is 0.404 e. The van der Waals surface area contributed by atoms with E-state index in [1.165, 1.54) is 16.7 Å². The van der Waals surface area contributed by atoms with Crippen LogP contribution in [0.2, 0.25) is 0 Å². The van der Waals surface area contributed by atoms with Gasteiger partial charge in [0.25, 0.3) is 5.91 Å². The van der Waals surface area contributed by atoms with Crippen LogP contribution >= 0.6 is 0 Å². The number of halogens is 3. The van der Waals surface area contributed by atoms with Crippen molar-refractivity contribution in [3.05, 3.63) is 41.0 Å². The lowest BCUT2D eigenvalue weighted by atomic mass is 9.84. The Morgan fingerprint density at radius 2 is 1.97 bits per heavy atom. The van der Waals surface area contributed by atoms with Gasteiger partial charge in [0, 0.05) is 19.2 Å². The van der Waals surface area contributed by atoms with Crippen molar-refractivity contribution in [2.24, 2.45) is 0 Å². The highest BCUT2D eigenvalue weighted by atomic mass is 32.2. The lowest BCUT2D eigenvalue weighted by Gasteiger charge is -2.35. The zero-order chi connectivity index (χ0) is 28.3. The van der Waals surface area contributed by atoms with Gasteiger partial charge in [-0.25, -0.2) is 13.4 Å². The summed E-state index contributed by atoms with van der Waals surface area (Å²) < 4.78 is 68.7. The molecule has 3 rings (SSSR count). The number of nitriles is 1. The summed E-state index contributed by atoms with van der Waals surface area (Å²) in [6.07, 6.45) is -1.60. The van der Waals surface area contributed by atoms with E-state index in [1.807, 2.05) is 13.0 Å². The fourth-order valence-corrected chi connectivity index (χ4v) is 5.77. The number of ether oxygens (including phenoxy) is 1. The van der Waals surface area contributed by atoms with Gasteiger partial charge in [0.2, 0.25) is 0 Å². The maximum Gasteiger partial charge on any atom is 0.573 e. The molecule has 1 saturated carbocycles. The van der Waals surface area contributed by atoms with Gasteiger partial charge in [0.05, 0.1) is 16.5 Å². The molecule has 1 fully saturated rings. The fraction of sp³-hybridized carbons (Fsp3) is 0.560. The molecule has 1 amide bonds. The predicted molar refractivity (Wildman–Crippen MR) is 133 cm³/mol. The second-order valence-electron chi connectivity index (χ2n) is 9.56. The summed E-state index contributed by atoms with van der Waals surface area (Å²) in [5.74, 6) is -1.13. The number of imidazole rings is 1. The number of aromatic nitrogens is 2. The molecule has 0 saturated heterocycles. The van der Waals surface area contributed by atoms with E-state index in [0.717, 1.165) is 6.26 Å². The largest absolute Gasteiger partial charge is 0.573 e. The molecule has 0 atom stereocenters. The molecule has 2 aromatic rings. The minimum atomic E-state index is -4.98. The summed E-state index contributed by atoms with van der Waals surface area (Å²) >= 11 is 0. The first-order chi connectivity index (χ1) is 17.7. The van der Waals surface area contributed by atoms with E-state index in [1.54, 1.807) is 13.0 Å². The number of aliphatic hydroxyl groups is 1. The summed E-state index contributed by atoms with van der Waals surface area (Å²) in [6, 6.07) is 6.16. The normalized spacial score (nSPS) is 20.1. The number of sulfone groups is 1. The number of carbonyl (C=O) groups excluding carboxylic acids is 1. The van der Waals surface area contributed by atoms with Crippen molar-refractivity contribution in [3.8, 4) is 17.5 Å². The molecule has 9 nitrogen and oxygen atoms in total. The van der Waals surface area contributed by atoms with Gasteiger partial charge < -0.3 is 15.2 Å². The molecular weight excluding hydrogens is 525 g/mol. The Morgan fingerprint density at radius 1 is 1.32 bits per heavy atom. The molecule has 1 aromatic heterocycles. The number of aryl methyl sites for hydroxylation is 2. The lowest BCUT2D eigenvalue weighted by Crippen LogP contribution is -2.47. The number of hydrogen-bond acceptors (Lipinski definition) is 7. The minimum absolute atomic E-state index is 0.0835. The molecule has 0 bridgehead atoms. The van der Waals surface area contributed by atoms with Crippen LogP contribution < -0.4 is 10.1 Å². The quantitative estimate of drug-likeness (QED) is 0.482. The second kappa shape index (κ2) is 11.3. The summed E-state index contributed by atoms with van der Waals surface area (Å²) in [4.78, 5) is 17.3. The molecule has 2 N–H and O–H groups in total. The monoisotopic (exact) mass is 556 g/mol. The van der Waals surface area contributed by atoms with Crippen LogP contribution in [0.3, 0.4) is 0 Å². The highest BCUT2D eigenvalue weighted by molar-refractivity contribution is 7.91. The number of carbonyl (C=O) groups is 1. The van der Waals surface area contributed by atoms with Crippen LogP contribution in [-0.4, -0.2) is 59.0 Å². The van der Waals surface area contributed by atoms with Crippen molar-refractivity contribution >= 4 is 15.7 Å². The Balaban J connectivity index is 1.92. The first-order valence-electron chi connectivity index (χ1n) is 12.3. The summed E-state index contributed by atoms with van der Waals surface area (Å²) in [6.45, 7) is 3.37. The number of nitrogens with zero attached hydrogens (tertiary/aromatic N) is 3. The standard InChI is InChI=1S/C25H31F3N4O5S/c1-4-6-16-7-8-18(20(13-16)37-25(26,27)28)32-19(14-29)22(31-21(32)5-2)23(33)30-15-24(34)11-9-17(10-12-24)38(3,35)36/h7-8,13,17,34H,4-6,9-12,15H2,1-3H3,(H,30,33). The minimum Gasteiger partial charge on any atom is -0.404 e. The Kier molecular flexibility index (Phi) is 8.78. The van der Waals surface area contributed by atoms with E-state index >= 15 is 0 Å². The molecule has 1 aromatic carbocycles. The van der Waals surface area contributed by atoms with Gasteiger partial charge in [0.15, 0.2) is 17.1 Å². The van der Waals surface area contributed by atoms with Crippen LogP contribution in [0.4, 0.5) is 13.2 Å². The highest BCUT2D eigenvalue weighted by Gasteiger charge is 2.38. The predicted octanol–water partition coefficient (Wildman–Crippen LogP) is 3.61. The third kappa shape index (κ3) is 6.85. The summed E-state index contributed by atoms with van der Waals surface area (Å²) in [5.41, 5.74) is -1.37. The molecule has 38 heavy (non-hydrogen) atoms. The molecule has 1 aliphatic carbocycles. The Bertz CT molecular complexity index is 1320. The second-order valence-corrected chi connectivity index (χ2v) is 11.9. The Morgan fingerprint density at radius 3 is 2.50 bits per heavy atom. The van der Waals surface area contributed by atoms with Crippen LogP contribution in [-0.2, 0) is 22.7 Å². The van der Waals surface area contributed by atoms with Crippen LogP contribution in [0.25, 0.3) is 5.69 Å². The van der Waals surface area contributed by atoms with Gasteiger partial charge in [-0.3, -0.25) is 9.36 Å². The SMILES string of the molecule is CCCc1ccc(-n2c(CC)nc(C(=O)NCC3(O)CCC(S(C)(=O)=O)CC3)c2C#N)c(OC(F)(F)F)c1. The number of hydrogen-bond donors (Lipinski definition) is 2. The van der Waals surface area contributed by atoms with Crippen LogP contribution in [0, 0.1) is 11.3 Å². The average Bonchev–Trinajstić information content (AvgIpc) is 3.20. The van der Waals surface area contributed by atoms with Crippen molar-refractivity contribution < 1.29 is 36.2 Å². The van der Waals surface area contributed by atoms with Gasteiger partial charge in [0.1, 0.15) is 21.7 Å². The number of alkyl halides is 3. The van der Waals surface area contributed by atoms with Gasteiger partial charge in [-0.2, -0.15) is 5.26 Å². The van der Waals surface area contributed by atoms with E-state index in [0.29, 0.717) is 18.4 Å². The van der Waals surface area contributed by atoms with Gasteiger partial charge in [-0.05, 0) is 49.8 Å². The molecule has 0 unspecified atom stereocenters. The average molecular weight is 557 g/mol. The van der Waals surface area contributed by atoms with Crippen molar-refractivity contribution in [2.75, 3.05) is 12.8 Å². The Labute approximate surface area is 219 Å². The van der Waals surface area contributed by atoms with Crippen molar-refractivity contribution in [1.82, 2.24) is 14.9 Å². The fourth-order valence-electron chi connectivity index (χ4n) is 4.68. The van der Waals surface area contributed by atoms with Crippen molar-refractivity contribution in [3.63, 3.8) is 0 Å². The maximum absolute atomic E-state index is 13.2. The Hall–Kier alpha value is -3.11. The van der Waals surface area contributed by atoms with Crippen molar-refractivity contribution in [1.29, 1.82) is 5.26 Å². The first kappa shape index (κ1) is 29.4. The molecule has 1 heterocycles. The lowest BCUT2D eigenvalue weighted by molar-refractivity contribution is -0.274. The molecule has 208 valence electrons. The van der Waals surface area contributed by atoms with Crippen molar-refractivity contribution in [2.45, 2.75) is 76.0 Å². The number of rotatable bonds is 9. The van der Waals surface area contributed by atoms with E-state index in [2.05, 4.69) is 15.0 Å². The maximum atomic E-state index is 13.2. The molecule has 0 aliphatic heterocycles. The number of nitrogens with one attached hydrogen (secondary N) is 1. The van der Waals surface area contributed by atoms with Gasteiger partial charge in [-0.15, -0.1) is 13.2 Å². The topological polar surface area (TPSA) is 134 Å². The highest BCUT2D eigenvalue weighted by Crippen LogP contribution is 2.34. The molecule has 0 radical (unpaired) electrons.